The van der Waals surface area contributed by atoms with Crippen LogP contribution >= 0.6 is 11.6 Å². The summed E-state index contributed by atoms with van der Waals surface area (Å²) in [6.07, 6.45) is 0. The highest BCUT2D eigenvalue weighted by atomic mass is 35.5. The van der Waals surface area contributed by atoms with Crippen molar-refractivity contribution in [1.82, 2.24) is 13.9 Å². The van der Waals surface area contributed by atoms with Gasteiger partial charge in [0.2, 0.25) is 0 Å². The van der Waals surface area contributed by atoms with Crippen molar-refractivity contribution >= 4 is 33.2 Å². The van der Waals surface area contributed by atoms with E-state index in [1.807, 2.05) is 4.72 Å². The minimum atomic E-state index is -3.83. The van der Waals surface area contributed by atoms with Crippen LogP contribution in [0.2, 0.25) is 0 Å². The molecule has 1 N–H and O–H groups in total. The third-order valence-electron chi connectivity index (χ3n) is 1.73. The SMILES string of the molecule is CNS(=O)(=O)N1CCN(C(=O)Cl)C1=O. The number of hydrogen-bond acceptors (Lipinski definition) is 4. The van der Waals surface area contributed by atoms with E-state index in [0.717, 1.165) is 0 Å². The second kappa shape index (κ2) is 3.71. The Morgan fingerprint density at radius 1 is 1.50 bits per heavy atom. The standard InChI is InChI=1S/C5H8ClN3O4S/c1-7-14(12,13)9-3-2-8(4(6)10)5(9)11/h7H,2-3H2,1H3. The van der Waals surface area contributed by atoms with Crippen LogP contribution in [0.4, 0.5) is 9.59 Å². The third kappa shape index (κ3) is 1.81. The second-order valence-electron chi connectivity index (χ2n) is 2.47. The Hall–Kier alpha value is -0.860. The van der Waals surface area contributed by atoms with Gasteiger partial charge in [0.25, 0.3) is 0 Å². The molecule has 1 fully saturated rings. The second-order valence-corrected chi connectivity index (χ2v) is 4.59. The number of nitrogens with one attached hydrogen (secondary N) is 1. The molecule has 0 bridgehead atoms. The summed E-state index contributed by atoms with van der Waals surface area (Å²) in [6, 6.07) is -0.931. The first kappa shape index (κ1) is 11.2. The molecule has 0 unspecified atom stereocenters. The zero-order chi connectivity index (χ0) is 10.9. The van der Waals surface area contributed by atoms with Crippen molar-refractivity contribution < 1.29 is 18.0 Å². The van der Waals surface area contributed by atoms with E-state index in [2.05, 4.69) is 0 Å². The van der Waals surface area contributed by atoms with Gasteiger partial charge in [-0.25, -0.2) is 18.7 Å². The molecule has 1 saturated heterocycles. The molecule has 0 spiro atoms. The number of halogens is 1. The Labute approximate surface area is 85.8 Å². The summed E-state index contributed by atoms with van der Waals surface area (Å²) < 4.78 is 24.9. The highest BCUT2D eigenvalue weighted by molar-refractivity contribution is 7.87. The maximum atomic E-state index is 11.3. The number of hydrogen-bond donors (Lipinski definition) is 1. The van der Waals surface area contributed by atoms with Crippen LogP contribution in [0.15, 0.2) is 0 Å². The van der Waals surface area contributed by atoms with Gasteiger partial charge in [0.15, 0.2) is 0 Å². The molecule has 1 aliphatic rings. The van der Waals surface area contributed by atoms with Crippen molar-refractivity contribution in [3.63, 3.8) is 0 Å². The molecule has 14 heavy (non-hydrogen) atoms. The van der Waals surface area contributed by atoms with Crippen LogP contribution in [0.1, 0.15) is 0 Å². The van der Waals surface area contributed by atoms with Crippen LogP contribution in [-0.2, 0) is 10.2 Å². The van der Waals surface area contributed by atoms with E-state index in [4.69, 9.17) is 11.6 Å². The minimum Gasteiger partial charge on any atom is -0.255 e. The summed E-state index contributed by atoms with van der Waals surface area (Å²) in [5, 5.41) is -0.983. The number of amides is 3. The highest BCUT2D eigenvalue weighted by Gasteiger charge is 2.38. The number of nitrogens with zero attached hydrogens (tertiary/aromatic N) is 2. The Bertz CT molecular complexity index is 367. The lowest BCUT2D eigenvalue weighted by Crippen LogP contribution is -2.42. The van der Waals surface area contributed by atoms with Gasteiger partial charge in [-0.1, -0.05) is 0 Å². The molecule has 9 heteroatoms. The van der Waals surface area contributed by atoms with Gasteiger partial charge in [-0.15, -0.1) is 0 Å². The zero-order valence-corrected chi connectivity index (χ0v) is 8.80. The lowest BCUT2D eigenvalue weighted by atomic mass is 10.7. The van der Waals surface area contributed by atoms with E-state index in [1.165, 1.54) is 7.05 Å². The van der Waals surface area contributed by atoms with E-state index >= 15 is 0 Å². The van der Waals surface area contributed by atoms with Crippen molar-refractivity contribution in [3.8, 4) is 0 Å². The molecule has 7 nitrogen and oxygen atoms in total. The average molecular weight is 242 g/mol. The summed E-state index contributed by atoms with van der Waals surface area (Å²) in [5.74, 6) is 0. The molecule has 0 atom stereocenters. The summed E-state index contributed by atoms with van der Waals surface area (Å²) >= 11 is 5.06. The number of imide groups is 1. The summed E-state index contributed by atoms with van der Waals surface area (Å²) in [5.41, 5.74) is 0. The van der Waals surface area contributed by atoms with E-state index in [1.54, 1.807) is 0 Å². The topological polar surface area (TPSA) is 86.8 Å². The predicted octanol–water partition coefficient (Wildman–Crippen LogP) is -0.453. The van der Waals surface area contributed by atoms with Crippen LogP contribution < -0.4 is 4.72 Å². The van der Waals surface area contributed by atoms with Crippen LogP contribution in [0, 0.1) is 0 Å². The zero-order valence-electron chi connectivity index (χ0n) is 7.23. The fourth-order valence-electron chi connectivity index (χ4n) is 1.01. The van der Waals surface area contributed by atoms with Crippen molar-refractivity contribution in [2.24, 2.45) is 0 Å². The molecule has 1 rings (SSSR count). The van der Waals surface area contributed by atoms with Crippen molar-refractivity contribution in [1.29, 1.82) is 0 Å². The smallest absolute Gasteiger partial charge is 0.255 e. The Kier molecular flexibility index (Phi) is 2.98. The largest absolute Gasteiger partial charge is 0.342 e. The lowest BCUT2D eigenvalue weighted by molar-refractivity contribution is 0.205. The van der Waals surface area contributed by atoms with Gasteiger partial charge >= 0.3 is 21.6 Å². The van der Waals surface area contributed by atoms with Crippen molar-refractivity contribution in [2.45, 2.75) is 0 Å². The molecule has 0 aromatic carbocycles. The molecular weight excluding hydrogens is 234 g/mol. The molecular formula is C5H8ClN3O4S. The van der Waals surface area contributed by atoms with Gasteiger partial charge in [-0.2, -0.15) is 8.42 Å². The number of carbonyl (C=O) groups excluding carboxylic acids is 2. The Balaban J connectivity index is 2.90. The van der Waals surface area contributed by atoms with Crippen molar-refractivity contribution in [2.75, 3.05) is 20.1 Å². The van der Waals surface area contributed by atoms with E-state index in [0.29, 0.717) is 9.21 Å². The molecule has 0 aromatic rings. The minimum absolute atomic E-state index is 0.0257. The summed E-state index contributed by atoms with van der Waals surface area (Å²) in [4.78, 5) is 22.6. The van der Waals surface area contributed by atoms with Gasteiger partial charge in [0.1, 0.15) is 0 Å². The van der Waals surface area contributed by atoms with Crippen LogP contribution in [0.25, 0.3) is 0 Å². The first-order valence-corrected chi connectivity index (χ1v) is 5.44. The molecule has 0 aliphatic carbocycles. The van der Waals surface area contributed by atoms with Crippen LogP contribution in [-0.4, -0.2) is 49.2 Å². The highest BCUT2D eigenvalue weighted by Crippen LogP contribution is 2.13. The summed E-state index contributed by atoms with van der Waals surface area (Å²) in [6.45, 7) is -0.109. The molecule has 3 amide bonds. The number of rotatable bonds is 2. The van der Waals surface area contributed by atoms with Crippen LogP contribution in [0.5, 0.6) is 0 Å². The Morgan fingerprint density at radius 3 is 2.43 bits per heavy atom. The first-order chi connectivity index (χ1) is 6.40. The van der Waals surface area contributed by atoms with E-state index < -0.39 is 21.6 Å². The fourth-order valence-corrected chi connectivity index (χ4v) is 2.02. The molecule has 0 aromatic heterocycles. The number of carbonyl (C=O) groups is 2. The monoisotopic (exact) mass is 241 g/mol. The van der Waals surface area contributed by atoms with Gasteiger partial charge in [-0.05, 0) is 11.6 Å². The lowest BCUT2D eigenvalue weighted by Gasteiger charge is -2.14. The van der Waals surface area contributed by atoms with Crippen LogP contribution in [0.3, 0.4) is 0 Å². The first-order valence-electron chi connectivity index (χ1n) is 3.62. The predicted molar refractivity (Wildman–Crippen MR) is 48.0 cm³/mol. The van der Waals surface area contributed by atoms with Gasteiger partial charge in [0.05, 0.1) is 13.1 Å². The van der Waals surface area contributed by atoms with Gasteiger partial charge < -0.3 is 0 Å². The molecule has 0 radical (unpaired) electrons. The maximum absolute atomic E-state index is 11.3. The fraction of sp³-hybridized carbons (Fsp3) is 0.600. The third-order valence-corrected chi connectivity index (χ3v) is 3.37. The van der Waals surface area contributed by atoms with E-state index in [9.17, 15) is 18.0 Å². The van der Waals surface area contributed by atoms with Gasteiger partial charge in [0, 0.05) is 7.05 Å². The van der Waals surface area contributed by atoms with Gasteiger partial charge in [-0.3, -0.25) is 4.79 Å². The number of urea groups is 1. The molecule has 1 aliphatic heterocycles. The Morgan fingerprint density at radius 2 is 2.07 bits per heavy atom. The normalized spacial score (nSPS) is 17.7. The van der Waals surface area contributed by atoms with Crippen molar-refractivity contribution in [3.05, 3.63) is 0 Å². The molecule has 80 valence electrons. The maximum Gasteiger partial charge on any atom is 0.342 e. The van der Waals surface area contributed by atoms with E-state index in [-0.39, 0.29) is 13.1 Å². The molecule has 1 heterocycles. The summed E-state index contributed by atoms with van der Waals surface area (Å²) in [7, 11) is -2.66. The average Bonchev–Trinajstić information content (AvgIpc) is 2.47. The molecule has 0 saturated carbocycles. The quantitative estimate of drug-likeness (QED) is 0.524.